The zero-order valence-corrected chi connectivity index (χ0v) is 77.1. The molecule has 6 saturated heterocycles. The van der Waals surface area contributed by atoms with Gasteiger partial charge in [-0.1, -0.05) is 62.1 Å². The lowest BCUT2D eigenvalue weighted by Crippen LogP contribution is -2.58. The normalized spacial score (nSPS) is 16.5. The zero-order valence-electron chi connectivity index (χ0n) is 77.1. The maximum Gasteiger partial charge on any atom is 0.274 e. The smallest absolute Gasteiger partial charge is 0.274 e. The van der Waals surface area contributed by atoms with Gasteiger partial charge in [0.15, 0.2) is 0 Å². The van der Waals surface area contributed by atoms with Gasteiger partial charge in [-0.15, -0.1) is 0 Å². The number of nitrogens with one attached hydrogen (secondary N) is 9. The summed E-state index contributed by atoms with van der Waals surface area (Å²) in [6, 6.07) is 41.0. The van der Waals surface area contributed by atoms with Crippen LogP contribution in [0, 0.1) is 0 Å². The van der Waals surface area contributed by atoms with Crippen LogP contribution < -0.4 is 46.6 Å². The molecule has 36 nitrogen and oxygen atoms in total. The van der Waals surface area contributed by atoms with E-state index in [1.807, 2.05) is 184 Å². The van der Waals surface area contributed by atoms with E-state index in [0.29, 0.717) is 86.9 Å². The van der Waals surface area contributed by atoms with Crippen molar-refractivity contribution in [3.8, 4) is 33.8 Å². The number of fused-ring (bicyclic) bond motifs is 3. The number of benzene rings is 3. The molecule has 36 heteroatoms. The standard InChI is InChI=1S/C34H41N9O3.C33H39N9O3.C32H37N9O3.CH4/c1-41(2)13-3-4-31(44)38-27-10-14-42(15-11-27)22-24-9-12-35-30(20-24)34(45)39-26-7-5-25(6-8-26)29-21-28-32(40-29)36-23-37-33(28)43-16-18-46-19-17-43;1-40(2)12-3-4-30(43)37-26-10-13-41(21-26)20-23-9-11-34-29(18-23)33(44)38-25-7-5-24(6-8-25)28-19-27-31(39-28)35-22-36-32(27)42-14-16-45-17-15-42;1-39(2)11-3-4-29(42)36-25-19-40(20-25)18-22-9-10-33-28(16-22)32(43)37-24-7-5-23(6-8-24)27-17-26-30(38-27)34-21-35-31(26)41-12-14-44-15-13-41;/h3-9,12,20-21,23,27H,10-11,13-19,22H2,1-2H3,(H,38,44)(H,39,45)(H,36,37,40);3-9,11,18-19,22,26H,10,12-17,20-21H2,1-2H3,(H,37,43)(H,38,44)(H,35,36,39);3-10,16-17,21,25H,11-15,18-20H2,1-2H3,(H,36,42)(H,37,43)(H,34,35,38);1H4/b3*4-3+;. The summed E-state index contributed by atoms with van der Waals surface area (Å²) < 4.78 is 16.5. The number of likely N-dealkylation sites (N-methyl/N-ethyl adjacent to an activating group) is 3. The summed E-state index contributed by atoms with van der Waals surface area (Å²) in [5, 5.41) is 21.0. The fourth-order valence-corrected chi connectivity index (χ4v) is 17.0. The molecule has 6 aliphatic heterocycles. The first-order chi connectivity index (χ1) is 65.7. The number of anilines is 6. The van der Waals surface area contributed by atoms with E-state index in [-0.39, 0.29) is 61.0 Å². The van der Waals surface area contributed by atoms with Gasteiger partial charge in [0.1, 0.15) is 70.5 Å². The van der Waals surface area contributed by atoms with Gasteiger partial charge in [-0.2, -0.15) is 0 Å². The summed E-state index contributed by atoms with van der Waals surface area (Å²) in [4.78, 5) is 145. The van der Waals surface area contributed by atoms with Crippen LogP contribution in [0.3, 0.4) is 0 Å². The van der Waals surface area contributed by atoms with Gasteiger partial charge < -0.3 is 90.5 Å². The van der Waals surface area contributed by atoms with E-state index in [4.69, 9.17) is 14.2 Å². The number of hydrogen-bond acceptors (Lipinski definition) is 27. The first-order valence-corrected chi connectivity index (χ1v) is 45.9. The van der Waals surface area contributed by atoms with E-state index >= 15 is 0 Å². The van der Waals surface area contributed by atoms with Crippen LogP contribution in [0.25, 0.3) is 66.9 Å². The summed E-state index contributed by atoms with van der Waals surface area (Å²) in [5.74, 6) is 1.76. The van der Waals surface area contributed by atoms with Crippen LogP contribution in [-0.4, -0.2) is 323 Å². The molecule has 6 amide bonds. The second kappa shape index (κ2) is 46.8. The summed E-state index contributed by atoms with van der Waals surface area (Å²) in [6.07, 6.45) is 22.8. The van der Waals surface area contributed by atoms with Crippen LogP contribution in [-0.2, 0) is 48.2 Å². The molecule has 3 aromatic carbocycles. The van der Waals surface area contributed by atoms with Gasteiger partial charge in [0.2, 0.25) is 17.7 Å². The molecule has 1 atom stereocenters. The van der Waals surface area contributed by atoms with Gasteiger partial charge in [0, 0.05) is 201 Å². The predicted octanol–water partition coefficient (Wildman–Crippen LogP) is 9.39. The Kier molecular flexibility index (Phi) is 33.3. The highest BCUT2D eigenvalue weighted by Crippen LogP contribution is 2.35. The SMILES string of the molecule is C.CN(C)C/C=C/C(=O)NC1CCN(Cc2ccnc(C(=O)Nc3ccc(-c4cc5c(N6CCOCC6)ncnc5[nH]4)cc3)c2)C1.CN(C)C/C=C/C(=O)NC1CCN(Cc2ccnc(C(=O)Nc3ccc(-c4cc5c(N6CCOCC6)ncnc5[nH]4)cc3)c2)CC1.CN(C)C/C=C/C(=O)NC1CN(Cc2ccnc(C(=O)Nc3ccc(-c4cc5c(N6CCOCC6)ncnc5[nH]4)cc3)c2)C1. The van der Waals surface area contributed by atoms with Gasteiger partial charge in [-0.05, 0) is 186 Å². The average molecular weight is 1850 g/mol. The van der Waals surface area contributed by atoms with E-state index in [0.717, 1.165) is 225 Å². The lowest BCUT2D eigenvalue weighted by molar-refractivity contribution is -0.118. The maximum atomic E-state index is 13.1. The van der Waals surface area contributed by atoms with Crippen molar-refractivity contribution in [1.29, 1.82) is 0 Å². The molecule has 0 radical (unpaired) electrons. The first kappa shape index (κ1) is 96.6. The van der Waals surface area contributed by atoms with Crippen molar-refractivity contribution in [3.63, 3.8) is 0 Å². The number of amides is 6. The van der Waals surface area contributed by atoms with Crippen LogP contribution in [0.1, 0.15) is 74.8 Å². The van der Waals surface area contributed by atoms with Gasteiger partial charge in [0.05, 0.1) is 61.8 Å². The molecule has 0 bridgehead atoms. The van der Waals surface area contributed by atoms with Crippen LogP contribution >= 0.6 is 0 Å². The van der Waals surface area contributed by atoms with Gasteiger partial charge in [0.25, 0.3) is 17.7 Å². The van der Waals surface area contributed by atoms with Crippen LogP contribution in [0.2, 0.25) is 0 Å². The first-order valence-electron chi connectivity index (χ1n) is 45.9. The monoisotopic (exact) mass is 1840 g/mol. The van der Waals surface area contributed by atoms with Crippen molar-refractivity contribution in [1.82, 2.24) is 105 Å². The van der Waals surface area contributed by atoms with Gasteiger partial charge >= 0.3 is 0 Å². The zero-order chi connectivity index (χ0) is 93.5. The number of carbonyl (C=O) groups excluding carboxylic acids is 6. The van der Waals surface area contributed by atoms with Crippen molar-refractivity contribution in [2.24, 2.45) is 0 Å². The molecule has 6 fully saturated rings. The number of aromatic amines is 3. The van der Waals surface area contributed by atoms with Crippen LogP contribution in [0.5, 0.6) is 0 Å². The van der Waals surface area contributed by atoms with Crippen molar-refractivity contribution in [2.75, 3.05) is 211 Å². The Labute approximate surface area is 791 Å². The maximum absolute atomic E-state index is 13.1. The minimum absolute atomic E-state index is 0. The summed E-state index contributed by atoms with van der Waals surface area (Å²) in [5.41, 5.74) is 14.2. The minimum atomic E-state index is -0.270. The highest BCUT2D eigenvalue weighted by molar-refractivity contribution is 6.05. The Balaban J connectivity index is 0.000000155. The molecule has 6 aliphatic rings. The fourth-order valence-electron chi connectivity index (χ4n) is 17.0. The van der Waals surface area contributed by atoms with Crippen molar-refractivity contribution in [2.45, 2.75) is 64.4 Å². The number of piperidine rings is 1. The number of H-pyrrole nitrogens is 3. The second-order valence-corrected chi connectivity index (χ2v) is 35.2. The van der Waals surface area contributed by atoms with E-state index in [9.17, 15) is 28.8 Å². The van der Waals surface area contributed by atoms with Gasteiger partial charge in [-0.25, -0.2) is 29.9 Å². The Hall–Kier alpha value is -14.0. The van der Waals surface area contributed by atoms with Crippen molar-refractivity contribution in [3.05, 3.63) is 235 Å². The predicted molar refractivity (Wildman–Crippen MR) is 529 cm³/mol. The largest absolute Gasteiger partial charge is 0.378 e. The third-order valence-electron chi connectivity index (χ3n) is 24.0. The van der Waals surface area contributed by atoms with E-state index in [2.05, 4.69) is 139 Å². The second-order valence-electron chi connectivity index (χ2n) is 35.2. The fraction of sp³-hybridized carbons (Fsp3) is 0.370. The molecule has 710 valence electrons. The molecule has 9 aromatic heterocycles. The number of nitrogens with zero attached hydrogens (tertiary/aromatic N) is 18. The quantitative estimate of drug-likeness (QED) is 0.0189. The number of aromatic nitrogens is 12. The van der Waals surface area contributed by atoms with Gasteiger partial charge in [-0.3, -0.25) is 58.4 Å². The number of carbonyl (C=O) groups is 6. The van der Waals surface area contributed by atoms with E-state index in [1.54, 1.807) is 55.8 Å². The van der Waals surface area contributed by atoms with E-state index in [1.165, 1.54) is 0 Å². The molecule has 9 N–H and O–H groups in total. The topological polar surface area (TPSA) is 395 Å². The molecule has 12 aromatic rings. The molecular weight excluding hydrogens is 1720 g/mol. The summed E-state index contributed by atoms with van der Waals surface area (Å²) in [6.45, 7) is 18.1. The van der Waals surface area contributed by atoms with Crippen molar-refractivity contribution < 1.29 is 43.0 Å². The lowest BCUT2D eigenvalue weighted by atomic mass is 10.0. The summed E-state index contributed by atoms with van der Waals surface area (Å²) >= 11 is 0. The van der Waals surface area contributed by atoms with Crippen LogP contribution in [0.15, 0.2) is 201 Å². The number of likely N-dealkylation sites (tertiary alicyclic amines) is 3. The number of ether oxygens (including phenoxy) is 3. The molecule has 0 spiro atoms. The summed E-state index contributed by atoms with van der Waals surface area (Å²) in [7, 11) is 11.8. The average Bonchev–Trinajstić information content (AvgIpc) is 1.65. The van der Waals surface area contributed by atoms with Crippen LogP contribution in [0.4, 0.5) is 34.5 Å². The Morgan fingerprint density at radius 3 is 1.01 bits per heavy atom. The highest BCUT2D eigenvalue weighted by Gasteiger charge is 2.30. The molecule has 1 unspecified atom stereocenters. The molecule has 0 saturated carbocycles. The number of pyridine rings is 3. The molecule has 136 heavy (non-hydrogen) atoms. The minimum Gasteiger partial charge on any atom is -0.378 e. The lowest BCUT2D eigenvalue weighted by Gasteiger charge is -2.39. The Morgan fingerprint density at radius 1 is 0.360 bits per heavy atom. The molecule has 0 aliphatic carbocycles. The Bertz CT molecular complexity index is 6150. The number of hydrogen-bond donors (Lipinski definition) is 9. The number of morpholine rings is 3. The molecule has 18 rings (SSSR count). The molecule has 15 heterocycles. The number of rotatable bonds is 30. The highest BCUT2D eigenvalue weighted by atomic mass is 16.5. The molecular formula is C100H121N27O9. The third-order valence-corrected chi connectivity index (χ3v) is 24.0. The van der Waals surface area contributed by atoms with Crippen molar-refractivity contribution >= 4 is 103 Å². The Morgan fingerprint density at radius 2 is 0.662 bits per heavy atom. The van der Waals surface area contributed by atoms with E-state index < -0.39 is 0 Å². The third kappa shape index (κ3) is 26.6.